The number of aliphatic carboxylic acids is 1. The lowest BCUT2D eigenvalue weighted by molar-refractivity contribution is -0.131. The van der Waals surface area contributed by atoms with E-state index in [1.54, 1.807) is 18.5 Å². The fourth-order valence-corrected chi connectivity index (χ4v) is 2.17. The molecule has 126 valence electrons. The van der Waals surface area contributed by atoms with Crippen molar-refractivity contribution in [1.82, 2.24) is 14.9 Å². The van der Waals surface area contributed by atoms with Gasteiger partial charge in [-0.05, 0) is 44.8 Å². The topological polar surface area (TPSA) is 78.4 Å². The number of nitrogens with one attached hydrogen (secondary N) is 1. The molecular formula is C18H22N4O2. The number of carboxylic acid groups (broad SMARTS) is 1. The van der Waals surface area contributed by atoms with Crippen LogP contribution in [-0.4, -0.2) is 53.1 Å². The van der Waals surface area contributed by atoms with E-state index in [0.717, 1.165) is 48.2 Å². The normalized spacial score (nSPS) is 11.1. The van der Waals surface area contributed by atoms with Gasteiger partial charge in [0.2, 0.25) is 0 Å². The van der Waals surface area contributed by atoms with Crippen LogP contribution < -0.4 is 5.32 Å². The molecule has 2 N–H and O–H groups in total. The lowest BCUT2D eigenvalue weighted by atomic mass is 10.1. The summed E-state index contributed by atoms with van der Waals surface area (Å²) in [4.78, 5) is 21.6. The van der Waals surface area contributed by atoms with Crippen molar-refractivity contribution in [3.63, 3.8) is 0 Å². The van der Waals surface area contributed by atoms with Crippen LogP contribution >= 0.6 is 0 Å². The van der Waals surface area contributed by atoms with E-state index < -0.39 is 5.97 Å². The van der Waals surface area contributed by atoms with Gasteiger partial charge in [-0.15, -0.1) is 0 Å². The molecule has 6 heteroatoms. The zero-order valence-corrected chi connectivity index (χ0v) is 13.9. The van der Waals surface area contributed by atoms with Crippen LogP contribution in [0.1, 0.15) is 12.0 Å². The van der Waals surface area contributed by atoms with Crippen LogP contribution in [0, 0.1) is 0 Å². The van der Waals surface area contributed by atoms with Gasteiger partial charge in [0, 0.05) is 18.2 Å². The molecule has 24 heavy (non-hydrogen) atoms. The highest BCUT2D eigenvalue weighted by atomic mass is 16.4. The summed E-state index contributed by atoms with van der Waals surface area (Å²) in [6, 6.07) is 7.53. The number of aromatic nitrogens is 2. The maximum Gasteiger partial charge on any atom is 0.328 e. The molecular weight excluding hydrogens is 304 g/mol. The van der Waals surface area contributed by atoms with Crippen LogP contribution in [0.15, 0.2) is 42.7 Å². The summed E-state index contributed by atoms with van der Waals surface area (Å²) in [5.74, 6) is -0.234. The maximum absolute atomic E-state index is 10.6. The predicted molar refractivity (Wildman–Crippen MR) is 95.8 cm³/mol. The van der Waals surface area contributed by atoms with Crippen molar-refractivity contribution in [2.24, 2.45) is 0 Å². The Hall–Kier alpha value is -2.73. The molecule has 0 aliphatic heterocycles. The number of carboxylic acids is 1. The molecule has 0 aliphatic carbocycles. The molecule has 0 unspecified atom stereocenters. The number of rotatable bonds is 8. The molecule has 0 aliphatic rings. The van der Waals surface area contributed by atoms with Gasteiger partial charge >= 0.3 is 5.97 Å². The largest absolute Gasteiger partial charge is 0.478 e. The van der Waals surface area contributed by atoms with Crippen molar-refractivity contribution >= 4 is 17.9 Å². The van der Waals surface area contributed by atoms with Crippen molar-refractivity contribution in [2.75, 3.05) is 32.5 Å². The third-order valence-electron chi connectivity index (χ3n) is 3.32. The molecule has 0 spiro atoms. The number of hydrogen-bond acceptors (Lipinski definition) is 5. The van der Waals surface area contributed by atoms with E-state index in [2.05, 4.69) is 20.2 Å². The molecule has 0 saturated heterocycles. The van der Waals surface area contributed by atoms with Crippen molar-refractivity contribution in [1.29, 1.82) is 0 Å². The number of carbonyl (C=O) groups is 1. The number of benzene rings is 1. The lowest BCUT2D eigenvalue weighted by Gasteiger charge is -2.10. The highest BCUT2D eigenvalue weighted by Gasteiger charge is 2.03. The summed E-state index contributed by atoms with van der Waals surface area (Å²) < 4.78 is 0. The van der Waals surface area contributed by atoms with Crippen LogP contribution in [-0.2, 0) is 4.79 Å². The minimum Gasteiger partial charge on any atom is -0.478 e. The molecule has 0 radical (unpaired) electrons. The van der Waals surface area contributed by atoms with Crippen molar-refractivity contribution < 1.29 is 9.90 Å². The van der Waals surface area contributed by atoms with Crippen LogP contribution in [0.3, 0.4) is 0 Å². The summed E-state index contributed by atoms with van der Waals surface area (Å²) in [7, 11) is 4.10. The first-order valence-corrected chi connectivity index (χ1v) is 7.76. The summed E-state index contributed by atoms with van der Waals surface area (Å²) in [5, 5.41) is 12.0. The predicted octanol–water partition coefficient (Wildman–Crippen LogP) is 2.61. The highest BCUT2D eigenvalue weighted by molar-refractivity contribution is 5.85. The molecule has 0 amide bonds. The van der Waals surface area contributed by atoms with E-state index in [9.17, 15) is 4.79 Å². The molecule has 0 atom stereocenters. The van der Waals surface area contributed by atoms with E-state index >= 15 is 0 Å². The SMILES string of the molecule is CN(C)CCCNc1cncc(-c2cccc(C=CC(=O)O)c2)n1. The molecule has 0 bridgehead atoms. The van der Waals surface area contributed by atoms with E-state index in [0.29, 0.717) is 0 Å². The summed E-state index contributed by atoms with van der Waals surface area (Å²) >= 11 is 0. The van der Waals surface area contributed by atoms with E-state index in [1.165, 1.54) is 0 Å². The number of anilines is 1. The average Bonchev–Trinajstić information content (AvgIpc) is 2.57. The monoisotopic (exact) mass is 326 g/mol. The van der Waals surface area contributed by atoms with E-state index in [1.807, 2.05) is 38.4 Å². The fraction of sp³-hybridized carbons (Fsp3) is 0.278. The molecule has 1 aromatic carbocycles. The standard InChI is InChI=1S/C18H22N4O2/c1-22(2)10-4-9-20-17-13-19-12-16(21-17)15-6-3-5-14(11-15)7-8-18(23)24/h3,5-8,11-13H,4,9-10H2,1-2H3,(H,20,21)(H,23,24). The van der Waals surface area contributed by atoms with Gasteiger partial charge in [-0.3, -0.25) is 4.98 Å². The molecule has 0 saturated carbocycles. The quantitative estimate of drug-likeness (QED) is 0.573. The molecule has 0 fully saturated rings. The summed E-state index contributed by atoms with van der Waals surface area (Å²) in [6.45, 7) is 1.84. The molecule has 6 nitrogen and oxygen atoms in total. The zero-order chi connectivity index (χ0) is 17.4. The smallest absolute Gasteiger partial charge is 0.328 e. The molecule has 1 aromatic heterocycles. The first-order chi connectivity index (χ1) is 11.5. The second-order valence-electron chi connectivity index (χ2n) is 5.67. The van der Waals surface area contributed by atoms with Crippen LogP contribution in [0.25, 0.3) is 17.3 Å². The minimum absolute atomic E-state index is 0.734. The third kappa shape index (κ3) is 5.81. The second kappa shape index (κ2) is 8.79. The Balaban J connectivity index is 2.08. The van der Waals surface area contributed by atoms with E-state index in [4.69, 9.17) is 5.11 Å². The lowest BCUT2D eigenvalue weighted by Crippen LogP contribution is -2.16. The fourth-order valence-electron chi connectivity index (χ4n) is 2.17. The van der Waals surface area contributed by atoms with Gasteiger partial charge in [-0.2, -0.15) is 0 Å². The van der Waals surface area contributed by atoms with Crippen molar-refractivity contribution in [3.05, 3.63) is 48.3 Å². The number of hydrogen-bond donors (Lipinski definition) is 2. The van der Waals surface area contributed by atoms with Crippen molar-refractivity contribution in [3.8, 4) is 11.3 Å². The third-order valence-corrected chi connectivity index (χ3v) is 3.32. The Morgan fingerprint density at radius 2 is 2.17 bits per heavy atom. The van der Waals surface area contributed by atoms with Gasteiger partial charge in [-0.1, -0.05) is 18.2 Å². The zero-order valence-electron chi connectivity index (χ0n) is 13.9. The van der Waals surface area contributed by atoms with Crippen LogP contribution in [0.2, 0.25) is 0 Å². The van der Waals surface area contributed by atoms with Gasteiger partial charge in [-0.25, -0.2) is 9.78 Å². The average molecular weight is 326 g/mol. The maximum atomic E-state index is 10.6. The number of nitrogens with zero attached hydrogens (tertiary/aromatic N) is 3. The Morgan fingerprint density at radius 3 is 2.92 bits per heavy atom. The Labute approximate surface area is 141 Å². The van der Waals surface area contributed by atoms with Gasteiger partial charge in [0.15, 0.2) is 0 Å². The van der Waals surface area contributed by atoms with Crippen LogP contribution in [0.5, 0.6) is 0 Å². The Morgan fingerprint density at radius 1 is 1.33 bits per heavy atom. The second-order valence-corrected chi connectivity index (χ2v) is 5.67. The first-order valence-electron chi connectivity index (χ1n) is 7.76. The molecule has 2 rings (SSSR count). The molecule has 1 heterocycles. The highest BCUT2D eigenvalue weighted by Crippen LogP contribution is 2.19. The summed E-state index contributed by atoms with van der Waals surface area (Å²) in [6.07, 6.45) is 7.10. The van der Waals surface area contributed by atoms with Gasteiger partial charge < -0.3 is 15.3 Å². The van der Waals surface area contributed by atoms with Crippen LogP contribution in [0.4, 0.5) is 5.82 Å². The summed E-state index contributed by atoms with van der Waals surface area (Å²) in [5.41, 5.74) is 2.45. The molecule has 2 aromatic rings. The minimum atomic E-state index is -0.968. The van der Waals surface area contributed by atoms with Gasteiger partial charge in [0.1, 0.15) is 5.82 Å². The van der Waals surface area contributed by atoms with Gasteiger partial charge in [0.25, 0.3) is 0 Å². The Bertz CT molecular complexity index is 714. The van der Waals surface area contributed by atoms with E-state index in [-0.39, 0.29) is 0 Å². The first kappa shape index (κ1) is 17.6. The van der Waals surface area contributed by atoms with Gasteiger partial charge in [0.05, 0.1) is 18.1 Å². The Kier molecular flexibility index (Phi) is 6.45. The van der Waals surface area contributed by atoms with Crippen molar-refractivity contribution in [2.45, 2.75) is 6.42 Å².